The molecular formula is C29H31N3O3S. The standard InChI is InChI=1S/C29H31N3O3S/c33-27(34)22-15-16-23(19-22)32(29(35)31-28-30-25-13-7-8-14-26(25)36-28)18-17-24(20-9-3-1-4-10-20)21-11-5-2-6-12-21/h1-14,22-24,29,35H,15-19H2,(H,30,31)(H,33,34). The number of para-hydroxylation sites is 1. The van der Waals surface area contributed by atoms with E-state index >= 15 is 0 Å². The molecule has 0 saturated heterocycles. The predicted molar refractivity (Wildman–Crippen MR) is 144 cm³/mol. The molecule has 7 heteroatoms. The number of aliphatic carboxylic acids is 1. The molecule has 36 heavy (non-hydrogen) atoms. The van der Waals surface area contributed by atoms with E-state index in [2.05, 4.69) is 58.8 Å². The van der Waals surface area contributed by atoms with Crippen LogP contribution in [0.3, 0.4) is 0 Å². The van der Waals surface area contributed by atoms with Crippen LogP contribution < -0.4 is 5.32 Å². The van der Waals surface area contributed by atoms with E-state index in [1.807, 2.05) is 41.3 Å². The van der Waals surface area contributed by atoms with Gasteiger partial charge in [0.25, 0.3) is 0 Å². The first-order valence-corrected chi connectivity index (χ1v) is 13.3. The lowest BCUT2D eigenvalue weighted by Gasteiger charge is -2.34. The number of benzene rings is 3. The van der Waals surface area contributed by atoms with Crippen LogP contribution in [0.2, 0.25) is 0 Å². The van der Waals surface area contributed by atoms with Crippen LogP contribution in [-0.4, -0.2) is 45.0 Å². The van der Waals surface area contributed by atoms with Crippen molar-refractivity contribution in [2.24, 2.45) is 5.92 Å². The number of rotatable bonds is 10. The van der Waals surface area contributed by atoms with Gasteiger partial charge in [-0.25, -0.2) is 4.98 Å². The molecule has 4 aromatic rings. The molecule has 0 amide bonds. The van der Waals surface area contributed by atoms with Gasteiger partial charge in [0.2, 0.25) is 0 Å². The first-order valence-electron chi connectivity index (χ1n) is 12.5. The smallest absolute Gasteiger partial charge is 0.306 e. The van der Waals surface area contributed by atoms with E-state index < -0.39 is 12.3 Å². The molecule has 3 aromatic carbocycles. The van der Waals surface area contributed by atoms with Gasteiger partial charge in [0, 0.05) is 18.5 Å². The number of anilines is 1. The fourth-order valence-electron chi connectivity index (χ4n) is 5.29. The fourth-order valence-corrected chi connectivity index (χ4v) is 6.17. The lowest BCUT2D eigenvalue weighted by molar-refractivity contribution is -0.141. The minimum absolute atomic E-state index is 0.0184. The Bertz CT molecular complexity index is 1210. The maximum atomic E-state index is 11.7. The number of fused-ring (bicyclic) bond motifs is 1. The third kappa shape index (κ3) is 5.59. The molecule has 1 aliphatic rings. The number of aromatic nitrogens is 1. The monoisotopic (exact) mass is 501 g/mol. The molecule has 1 fully saturated rings. The SMILES string of the molecule is O=C(O)C1CCC(N(CCC(c2ccccc2)c2ccccc2)C(O)Nc2nc3ccccc3s2)C1. The minimum atomic E-state index is -0.963. The number of hydrogen-bond donors (Lipinski definition) is 3. The maximum Gasteiger partial charge on any atom is 0.306 e. The maximum absolute atomic E-state index is 11.7. The minimum Gasteiger partial charge on any atom is -0.481 e. The number of aliphatic hydroxyl groups excluding tert-OH is 1. The van der Waals surface area contributed by atoms with Crippen molar-refractivity contribution in [1.82, 2.24) is 9.88 Å². The predicted octanol–water partition coefficient (Wildman–Crippen LogP) is 5.76. The highest BCUT2D eigenvalue weighted by Gasteiger charge is 2.36. The Labute approximate surface area is 215 Å². The van der Waals surface area contributed by atoms with Crippen molar-refractivity contribution in [2.75, 3.05) is 11.9 Å². The van der Waals surface area contributed by atoms with Crippen LogP contribution in [0.1, 0.15) is 42.7 Å². The lowest BCUT2D eigenvalue weighted by atomic mass is 9.88. The summed E-state index contributed by atoms with van der Waals surface area (Å²) in [5.41, 5.74) is 3.35. The molecule has 3 unspecified atom stereocenters. The van der Waals surface area contributed by atoms with Crippen molar-refractivity contribution in [3.05, 3.63) is 96.1 Å². The van der Waals surface area contributed by atoms with E-state index in [-0.39, 0.29) is 17.9 Å². The Balaban J connectivity index is 1.38. The molecule has 0 aliphatic heterocycles. The molecule has 1 saturated carbocycles. The van der Waals surface area contributed by atoms with Crippen molar-refractivity contribution < 1.29 is 15.0 Å². The highest BCUT2D eigenvalue weighted by Crippen LogP contribution is 2.34. The van der Waals surface area contributed by atoms with Gasteiger partial charge in [-0.2, -0.15) is 0 Å². The number of carbonyl (C=O) groups is 1. The van der Waals surface area contributed by atoms with Gasteiger partial charge in [0.05, 0.1) is 16.1 Å². The van der Waals surface area contributed by atoms with E-state index in [9.17, 15) is 15.0 Å². The Hall–Kier alpha value is -3.26. The summed E-state index contributed by atoms with van der Waals surface area (Å²) in [5.74, 6) is -0.954. The number of hydrogen-bond acceptors (Lipinski definition) is 6. The van der Waals surface area contributed by atoms with Gasteiger partial charge in [-0.1, -0.05) is 84.1 Å². The summed E-state index contributed by atoms with van der Waals surface area (Å²) in [6.45, 7) is 0.616. The van der Waals surface area contributed by atoms with Gasteiger partial charge in [0.15, 0.2) is 11.5 Å². The number of aliphatic hydroxyl groups is 1. The first kappa shape index (κ1) is 24.4. The molecule has 3 N–H and O–H groups in total. The highest BCUT2D eigenvalue weighted by atomic mass is 32.1. The Morgan fingerprint density at radius 1 is 0.972 bits per heavy atom. The van der Waals surface area contributed by atoms with Gasteiger partial charge in [0.1, 0.15) is 0 Å². The van der Waals surface area contributed by atoms with E-state index in [4.69, 9.17) is 0 Å². The van der Waals surface area contributed by atoms with Crippen molar-refractivity contribution in [1.29, 1.82) is 0 Å². The van der Waals surface area contributed by atoms with Gasteiger partial charge in [-0.05, 0) is 48.9 Å². The molecule has 0 bridgehead atoms. The van der Waals surface area contributed by atoms with Crippen LogP contribution in [0.5, 0.6) is 0 Å². The molecule has 3 atom stereocenters. The lowest BCUT2D eigenvalue weighted by Crippen LogP contribution is -2.47. The number of nitrogens with zero attached hydrogens (tertiary/aromatic N) is 2. The van der Waals surface area contributed by atoms with Crippen molar-refractivity contribution >= 4 is 32.7 Å². The Morgan fingerprint density at radius 3 is 2.22 bits per heavy atom. The van der Waals surface area contributed by atoms with Crippen LogP contribution >= 0.6 is 11.3 Å². The highest BCUT2D eigenvalue weighted by molar-refractivity contribution is 7.22. The van der Waals surface area contributed by atoms with Crippen LogP contribution in [0.4, 0.5) is 5.13 Å². The van der Waals surface area contributed by atoms with Crippen LogP contribution in [0.15, 0.2) is 84.9 Å². The van der Waals surface area contributed by atoms with Crippen LogP contribution in [0, 0.1) is 5.92 Å². The van der Waals surface area contributed by atoms with Crippen LogP contribution in [0.25, 0.3) is 10.2 Å². The van der Waals surface area contributed by atoms with E-state index in [0.717, 1.165) is 23.1 Å². The van der Waals surface area contributed by atoms with Gasteiger partial charge >= 0.3 is 5.97 Å². The quantitative estimate of drug-likeness (QED) is 0.240. The topological polar surface area (TPSA) is 85.7 Å². The van der Waals surface area contributed by atoms with Crippen molar-refractivity contribution in [2.45, 2.75) is 44.0 Å². The molecule has 1 aromatic heterocycles. The Morgan fingerprint density at radius 2 is 1.61 bits per heavy atom. The summed E-state index contributed by atoms with van der Waals surface area (Å²) in [5, 5.41) is 24.8. The zero-order chi connectivity index (χ0) is 24.9. The number of thiazole rings is 1. The zero-order valence-corrected chi connectivity index (χ0v) is 20.8. The van der Waals surface area contributed by atoms with E-state index in [1.165, 1.54) is 22.5 Å². The molecule has 1 aliphatic carbocycles. The second-order valence-electron chi connectivity index (χ2n) is 9.41. The summed E-state index contributed by atoms with van der Waals surface area (Å²) in [7, 11) is 0. The second-order valence-corrected chi connectivity index (χ2v) is 10.4. The third-order valence-corrected chi connectivity index (χ3v) is 8.13. The molecule has 5 rings (SSSR count). The molecule has 0 spiro atoms. The second kappa shape index (κ2) is 11.2. The van der Waals surface area contributed by atoms with Gasteiger partial charge in [-0.15, -0.1) is 0 Å². The van der Waals surface area contributed by atoms with E-state index in [1.54, 1.807) is 0 Å². The average molecular weight is 502 g/mol. The molecule has 1 heterocycles. The molecule has 0 radical (unpaired) electrons. The normalized spacial score (nSPS) is 18.6. The largest absolute Gasteiger partial charge is 0.481 e. The van der Waals surface area contributed by atoms with Gasteiger partial charge < -0.3 is 15.5 Å². The summed E-state index contributed by atoms with van der Waals surface area (Å²) < 4.78 is 1.05. The summed E-state index contributed by atoms with van der Waals surface area (Å²) >= 11 is 1.51. The summed E-state index contributed by atoms with van der Waals surface area (Å²) in [4.78, 5) is 18.3. The fraction of sp³-hybridized carbons (Fsp3) is 0.310. The molecule has 6 nitrogen and oxygen atoms in total. The summed E-state index contributed by atoms with van der Waals surface area (Å²) in [6, 6.07) is 28.7. The number of carboxylic acids is 1. The first-order chi connectivity index (χ1) is 17.6. The van der Waals surface area contributed by atoms with Crippen molar-refractivity contribution in [3.63, 3.8) is 0 Å². The number of nitrogens with one attached hydrogen (secondary N) is 1. The number of carboxylic acid groups (broad SMARTS) is 1. The average Bonchev–Trinajstić information content (AvgIpc) is 3.55. The van der Waals surface area contributed by atoms with Crippen molar-refractivity contribution in [3.8, 4) is 0 Å². The molecule has 186 valence electrons. The van der Waals surface area contributed by atoms with Gasteiger partial charge in [-0.3, -0.25) is 9.69 Å². The van der Waals surface area contributed by atoms with Crippen LogP contribution in [-0.2, 0) is 4.79 Å². The molecular weight excluding hydrogens is 470 g/mol. The summed E-state index contributed by atoms with van der Waals surface area (Å²) in [6.07, 6.45) is 1.74. The third-order valence-electron chi connectivity index (χ3n) is 7.16. The zero-order valence-electron chi connectivity index (χ0n) is 20.0. The van der Waals surface area contributed by atoms with E-state index in [0.29, 0.717) is 24.5 Å². The Kier molecular flexibility index (Phi) is 7.60.